The summed E-state index contributed by atoms with van der Waals surface area (Å²) in [6.07, 6.45) is 12.9. The number of fused-ring (bicyclic) bond motifs is 1. The number of nitrogens with one attached hydrogen (secondary N) is 1. The van der Waals surface area contributed by atoms with Crippen LogP contribution in [-0.4, -0.2) is 53.1 Å². The fraction of sp³-hybridized carbons (Fsp3) is 0.593. The molecule has 0 spiro atoms. The molecule has 1 saturated carbocycles. The molecule has 1 fully saturated rings. The van der Waals surface area contributed by atoms with Crippen LogP contribution >= 0.6 is 11.3 Å². The summed E-state index contributed by atoms with van der Waals surface area (Å²) in [5.41, 5.74) is 2.56. The summed E-state index contributed by atoms with van der Waals surface area (Å²) < 4.78 is 5.75. The van der Waals surface area contributed by atoms with Crippen LogP contribution in [-0.2, 0) is 24.1 Å². The molecule has 0 unspecified atom stereocenters. The summed E-state index contributed by atoms with van der Waals surface area (Å²) in [7, 11) is 0. The fourth-order valence-corrected chi connectivity index (χ4v) is 5.84. The molecular weight excluding hydrogens is 444 g/mol. The highest BCUT2D eigenvalue weighted by Gasteiger charge is 2.24. The Hall–Kier alpha value is -2.25. The van der Waals surface area contributed by atoms with E-state index < -0.39 is 0 Å². The van der Waals surface area contributed by atoms with Crippen molar-refractivity contribution in [3.8, 4) is 5.88 Å². The molecule has 4 rings (SSSR count). The van der Waals surface area contributed by atoms with E-state index in [1.807, 2.05) is 25.3 Å². The lowest BCUT2D eigenvalue weighted by atomic mass is 9.84. The third-order valence-corrected chi connectivity index (χ3v) is 7.96. The molecule has 0 bridgehead atoms. The largest absolute Gasteiger partial charge is 0.477 e. The van der Waals surface area contributed by atoms with E-state index in [9.17, 15) is 4.79 Å². The van der Waals surface area contributed by atoms with Gasteiger partial charge in [0.15, 0.2) is 0 Å². The average molecular weight is 483 g/mol. The summed E-state index contributed by atoms with van der Waals surface area (Å²) >= 11 is 1.61. The van der Waals surface area contributed by atoms with Crippen LogP contribution in [0.4, 0.5) is 0 Å². The van der Waals surface area contributed by atoms with E-state index in [1.54, 1.807) is 11.3 Å². The normalized spacial score (nSPS) is 20.9. The number of pyridine rings is 1. The summed E-state index contributed by atoms with van der Waals surface area (Å²) in [6.45, 7) is 9.68. The predicted octanol–water partition coefficient (Wildman–Crippen LogP) is 4.51. The second kappa shape index (κ2) is 12.5. The van der Waals surface area contributed by atoms with Crippen molar-refractivity contribution < 1.29 is 9.53 Å². The van der Waals surface area contributed by atoms with Crippen molar-refractivity contribution in [3.05, 3.63) is 52.1 Å². The van der Waals surface area contributed by atoms with Gasteiger partial charge >= 0.3 is 0 Å². The number of hydrogen-bond donors (Lipinski definition) is 1. The van der Waals surface area contributed by atoms with Crippen LogP contribution in [0.25, 0.3) is 0 Å². The van der Waals surface area contributed by atoms with E-state index in [0.29, 0.717) is 19.1 Å². The molecule has 2 aliphatic rings. The topological polar surface area (TPSA) is 67.3 Å². The molecular formula is C27H38N4O2S. The maximum atomic E-state index is 12.4. The van der Waals surface area contributed by atoms with Crippen molar-refractivity contribution in [1.82, 2.24) is 20.2 Å². The maximum Gasteiger partial charge on any atom is 0.225 e. The average Bonchev–Trinajstić information content (AvgIpc) is 3.13. The van der Waals surface area contributed by atoms with Crippen molar-refractivity contribution in [1.29, 1.82) is 0 Å². The Labute approximate surface area is 207 Å². The Morgan fingerprint density at radius 1 is 1.26 bits per heavy atom. The van der Waals surface area contributed by atoms with Crippen LogP contribution in [0.5, 0.6) is 5.88 Å². The Morgan fingerprint density at radius 3 is 2.85 bits per heavy atom. The van der Waals surface area contributed by atoms with Crippen LogP contribution < -0.4 is 10.1 Å². The third-order valence-electron chi connectivity index (χ3n) is 7.05. The minimum absolute atomic E-state index is 0.138. The van der Waals surface area contributed by atoms with Gasteiger partial charge in [-0.1, -0.05) is 12.1 Å². The molecule has 3 heterocycles. The first-order valence-corrected chi connectivity index (χ1v) is 13.6. The number of carbonyl (C=O) groups is 1. The number of nitrogens with zero attached hydrogens (tertiary/aromatic N) is 3. The number of rotatable bonds is 10. The molecule has 0 aromatic carbocycles. The van der Waals surface area contributed by atoms with Crippen LogP contribution in [0.3, 0.4) is 0 Å². The number of ether oxygens (including phenoxy) is 1. The summed E-state index contributed by atoms with van der Waals surface area (Å²) in [4.78, 5) is 25.0. The molecule has 1 aliphatic carbocycles. The SMILES string of the molecule is C=CCCOc1ccc2c(n1)CCN(CCC1CCC(NC(=O)Cc3cnc(C)s3)CC1)CC2. The summed E-state index contributed by atoms with van der Waals surface area (Å²) in [5.74, 6) is 1.64. The third kappa shape index (κ3) is 7.37. The van der Waals surface area contributed by atoms with E-state index in [0.717, 1.165) is 73.4 Å². The minimum Gasteiger partial charge on any atom is -0.477 e. The van der Waals surface area contributed by atoms with Crippen molar-refractivity contribution >= 4 is 17.2 Å². The van der Waals surface area contributed by atoms with E-state index in [2.05, 4.69) is 27.8 Å². The first-order chi connectivity index (χ1) is 16.6. The molecule has 1 amide bonds. The smallest absolute Gasteiger partial charge is 0.225 e. The molecule has 0 saturated heterocycles. The first-order valence-electron chi connectivity index (χ1n) is 12.7. The van der Waals surface area contributed by atoms with E-state index in [1.165, 1.54) is 30.5 Å². The number of aromatic nitrogens is 2. The van der Waals surface area contributed by atoms with Gasteiger partial charge in [-0.05, 0) is 69.9 Å². The van der Waals surface area contributed by atoms with Crippen molar-refractivity contribution in [3.63, 3.8) is 0 Å². The molecule has 6 nitrogen and oxygen atoms in total. The molecule has 1 N–H and O–H groups in total. The summed E-state index contributed by atoms with van der Waals surface area (Å²) in [6, 6.07) is 4.54. The molecule has 1 aliphatic heterocycles. The molecule has 184 valence electrons. The molecule has 34 heavy (non-hydrogen) atoms. The highest BCUT2D eigenvalue weighted by Crippen LogP contribution is 2.28. The quantitative estimate of drug-likeness (QED) is 0.399. The number of aryl methyl sites for hydroxylation is 1. The standard InChI is InChI=1S/C27H38N4O2S/c1-3-4-17-33-27-10-7-22-12-15-31(16-13-25(22)30-27)14-11-21-5-8-23(9-6-21)29-26(32)18-24-19-28-20(2)34-24/h3,7,10,19,21,23H,1,4-6,8-9,11-18H2,2H3,(H,29,32). The Kier molecular flexibility index (Phi) is 9.11. The molecule has 0 radical (unpaired) electrons. The minimum atomic E-state index is 0.138. The highest BCUT2D eigenvalue weighted by molar-refractivity contribution is 7.11. The van der Waals surface area contributed by atoms with Crippen LogP contribution in [0.15, 0.2) is 31.0 Å². The van der Waals surface area contributed by atoms with Gasteiger partial charge in [-0.2, -0.15) is 0 Å². The van der Waals surface area contributed by atoms with E-state index in [4.69, 9.17) is 9.72 Å². The van der Waals surface area contributed by atoms with Gasteiger partial charge in [0.1, 0.15) is 0 Å². The van der Waals surface area contributed by atoms with Crippen molar-refractivity contribution in [2.45, 2.75) is 70.8 Å². The van der Waals surface area contributed by atoms with Gasteiger partial charge in [0.05, 0.1) is 18.0 Å². The molecule has 2 aromatic rings. The zero-order valence-electron chi connectivity index (χ0n) is 20.4. The lowest BCUT2D eigenvalue weighted by Crippen LogP contribution is -2.38. The van der Waals surface area contributed by atoms with Crippen molar-refractivity contribution in [2.75, 3.05) is 26.2 Å². The predicted molar refractivity (Wildman–Crippen MR) is 137 cm³/mol. The molecule has 0 atom stereocenters. The van der Waals surface area contributed by atoms with Gasteiger partial charge in [-0.25, -0.2) is 9.97 Å². The number of thiazole rings is 1. The Bertz CT molecular complexity index is 952. The van der Waals surface area contributed by atoms with Crippen LogP contribution in [0.2, 0.25) is 0 Å². The Balaban J connectivity index is 1.15. The maximum absolute atomic E-state index is 12.4. The number of carbonyl (C=O) groups excluding carboxylic acids is 1. The fourth-order valence-electron chi connectivity index (χ4n) is 5.04. The zero-order chi connectivity index (χ0) is 23.8. The van der Waals surface area contributed by atoms with Gasteiger partial charge in [0.2, 0.25) is 11.8 Å². The van der Waals surface area contributed by atoms with Crippen LogP contribution in [0, 0.1) is 12.8 Å². The van der Waals surface area contributed by atoms with E-state index in [-0.39, 0.29) is 5.91 Å². The monoisotopic (exact) mass is 482 g/mol. The molecule has 2 aromatic heterocycles. The lowest BCUT2D eigenvalue weighted by Gasteiger charge is -2.30. The second-order valence-electron chi connectivity index (χ2n) is 9.62. The zero-order valence-corrected chi connectivity index (χ0v) is 21.2. The Morgan fingerprint density at radius 2 is 2.09 bits per heavy atom. The van der Waals surface area contributed by atoms with Gasteiger partial charge in [-0.15, -0.1) is 17.9 Å². The van der Waals surface area contributed by atoms with Gasteiger partial charge < -0.3 is 15.0 Å². The second-order valence-corrected chi connectivity index (χ2v) is 10.9. The van der Waals surface area contributed by atoms with Crippen LogP contribution in [0.1, 0.15) is 59.7 Å². The summed E-state index contributed by atoms with van der Waals surface area (Å²) in [5, 5.41) is 4.27. The first kappa shape index (κ1) is 24.9. The molecule has 7 heteroatoms. The van der Waals surface area contributed by atoms with Gasteiger partial charge in [0, 0.05) is 48.4 Å². The van der Waals surface area contributed by atoms with Gasteiger partial charge in [0.25, 0.3) is 0 Å². The highest BCUT2D eigenvalue weighted by atomic mass is 32.1. The van der Waals surface area contributed by atoms with Crippen molar-refractivity contribution in [2.24, 2.45) is 5.92 Å². The lowest BCUT2D eigenvalue weighted by molar-refractivity contribution is -0.121. The number of hydrogen-bond acceptors (Lipinski definition) is 6. The van der Waals surface area contributed by atoms with Gasteiger partial charge in [-0.3, -0.25) is 4.79 Å². The number of amides is 1. The van der Waals surface area contributed by atoms with E-state index >= 15 is 0 Å².